The summed E-state index contributed by atoms with van der Waals surface area (Å²) in [5.74, 6) is 0.149. The third-order valence-corrected chi connectivity index (χ3v) is 6.15. The number of aromatic nitrogens is 1. The van der Waals surface area contributed by atoms with Crippen LogP contribution in [-0.2, 0) is 22.6 Å². The highest BCUT2D eigenvalue weighted by Gasteiger charge is 2.21. The van der Waals surface area contributed by atoms with Crippen molar-refractivity contribution in [2.24, 2.45) is 5.92 Å². The molecule has 0 bridgehead atoms. The summed E-state index contributed by atoms with van der Waals surface area (Å²) in [4.78, 5) is 14.0. The Morgan fingerprint density at radius 3 is 2.81 bits per heavy atom. The molecule has 0 saturated heterocycles. The first-order valence-corrected chi connectivity index (χ1v) is 12.0. The Kier molecular flexibility index (Phi) is 9.75. The second-order valence-electron chi connectivity index (χ2n) is 9.04. The number of hydrogen-bond donors (Lipinski definition) is 1. The monoisotopic (exact) mass is 444 g/mol. The fourth-order valence-corrected chi connectivity index (χ4v) is 4.56. The first kappa shape index (κ1) is 24.5. The van der Waals surface area contributed by atoms with Crippen LogP contribution in [0.25, 0.3) is 0 Å². The normalized spacial score (nSPS) is 15.8. The molecule has 1 N–H and O–H groups in total. The summed E-state index contributed by atoms with van der Waals surface area (Å²) in [7, 11) is 0. The lowest BCUT2D eigenvalue weighted by Crippen LogP contribution is -2.38. The number of nitrogens with zero attached hydrogens (tertiary/aromatic N) is 2. The van der Waals surface area contributed by atoms with Crippen molar-refractivity contribution >= 4 is 5.97 Å². The summed E-state index contributed by atoms with van der Waals surface area (Å²) >= 11 is 0. The third-order valence-electron chi connectivity index (χ3n) is 6.15. The molecule has 6 heteroatoms. The first-order chi connectivity index (χ1) is 15.5. The summed E-state index contributed by atoms with van der Waals surface area (Å²) in [6.45, 7) is 4.65. The highest BCUT2D eigenvalue weighted by molar-refractivity contribution is 5.69. The van der Waals surface area contributed by atoms with Crippen LogP contribution < -0.4 is 0 Å². The van der Waals surface area contributed by atoms with Gasteiger partial charge in [0.05, 0.1) is 0 Å². The number of hydrogen-bond acceptors (Lipinski definition) is 4. The van der Waals surface area contributed by atoms with E-state index < -0.39 is 6.10 Å². The van der Waals surface area contributed by atoms with Gasteiger partial charge in [0.1, 0.15) is 18.5 Å². The van der Waals surface area contributed by atoms with Crippen LogP contribution in [-0.4, -0.2) is 46.3 Å². The van der Waals surface area contributed by atoms with Crippen LogP contribution in [0, 0.1) is 11.7 Å². The molecule has 1 atom stereocenters. The van der Waals surface area contributed by atoms with E-state index in [9.17, 15) is 14.3 Å². The van der Waals surface area contributed by atoms with Crippen LogP contribution in [0.15, 0.2) is 42.6 Å². The fraction of sp³-hybridized carbons (Fsp3) is 0.577. The highest BCUT2D eigenvalue weighted by atomic mass is 19.1. The first-order valence-electron chi connectivity index (χ1n) is 12.0. The zero-order valence-electron chi connectivity index (χ0n) is 19.2. The van der Waals surface area contributed by atoms with Gasteiger partial charge in [0.15, 0.2) is 0 Å². The molecule has 0 aliphatic heterocycles. The summed E-state index contributed by atoms with van der Waals surface area (Å²) in [5, 5.41) is 10.6. The Morgan fingerprint density at radius 1 is 1.25 bits per heavy atom. The summed E-state index contributed by atoms with van der Waals surface area (Å²) < 4.78 is 21.0. The van der Waals surface area contributed by atoms with Gasteiger partial charge in [0, 0.05) is 44.5 Å². The second kappa shape index (κ2) is 12.8. The molecule has 0 amide bonds. The molecule has 5 nitrogen and oxygen atoms in total. The Morgan fingerprint density at radius 2 is 2.06 bits per heavy atom. The van der Waals surface area contributed by atoms with Gasteiger partial charge in [-0.25, -0.2) is 4.39 Å². The van der Waals surface area contributed by atoms with Crippen LogP contribution in [0.1, 0.15) is 63.1 Å². The average molecular weight is 445 g/mol. The molecule has 1 aromatic carbocycles. The molecule has 0 spiro atoms. The SMILES string of the molecule is CCCC(=O)OCC(O)CN(Cc1cccn1Cc1cccc(F)c1)CC1CCCCC1. The Hall–Kier alpha value is -2.18. The molecule has 1 aliphatic rings. The van der Waals surface area contributed by atoms with Crippen molar-refractivity contribution in [3.8, 4) is 0 Å². The predicted octanol–water partition coefficient (Wildman–Crippen LogP) is 4.76. The van der Waals surface area contributed by atoms with Gasteiger partial charge in [-0.05, 0) is 55.0 Å². The van der Waals surface area contributed by atoms with Gasteiger partial charge >= 0.3 is 5.97 Å². The number of carbonyl (C=O) groups is 1. The molecule has 1 aliphatic carbocycles. The molecule has 1 fully saturated rings. The third kappa shape index (κ3) is 8.06. The maximum atomic E-state index is 13.6. The molecule has 32 heavy (non-hydrogen) atoms. The number of benzene rings is 1. The number of halogens is 1. The van der Waals surface area contributed by atoms with Gasteiger partial charge in [-0.1, -0.05) is 38.3 Å². The van der Waals surface area contributed by atoms with E-state index in [1.807, 2.05) is 25.3 Å². The van der Waals surface area contributed by atoms with Gasteiger partial charge in [-0.3, -0.25) is 9.69 Å². The van der Waals surface area contributed by atoms with Crippen LogP contribution in [0.3, 0.4) is 0 Å². The second-order valence-corrected chi connectivity index (χ2v) is 9.04. The van der Waals surface area contributed by atoms with Crippen molar-refractivity contribution < 1.29 is 19.0 Å². The number of rotatable bonds is 12. The minimum atomic E-state index is -0.717. The standard InChI is InChI=1S/C26H37FN2O3/c1-2-8-26(31)32-20-25(30)19-28(16-21-9-4-3-5-10-21)18-24-13-7-14-29(24)17-22-11-6-12-23(27)15-22/h6-7,11-15,21,25,30H,2-5,8-10,16-20H2,1H3. The van der Waals surface area contributed by atoms with E-state index in [1.165, 1.54) is 38.2 Å². The zero-order chi connectivity index (χ0) is 22.8. The molecular formula is C26H37FN2O3. The van der Waals surface area contributed by atoms with Crippen LogP contribution >= 0.6 is 0 Å². The zero-order valence-corrected chi connectivity index (χ0v) is 19.2. The number of aliphatic hydroxyl groups excluding tert-OH is 1. The quantitative estimate of drug-likeness (QED) is 0.480. The molecule has 2 aromatic rings. The van der Waals surface area contributed by atoms with Crippen LogP contribution in [0.4, 0.5) is 4.39 Å². The molecule has 176 valence electrons. The molecule has 1 heterocycles. The largest absolute Gasteiger partial charge is 0.463 e. The van der Waals surface area contributed by atoms with E-state index in [0.717, 1.165) is 24.2 Å². The van der Waals surface area contributed by atoms with Gasteiger partial charge in [-0.15, -0.1) is 0 Å². The molecular weight excluding hydrogens is 407 g/mol. The van der Waals surface area contributed by atoms with Crippen LogP contribution in [0.5, 0.6) is 0 Å². The van der Waals surface area contributed by atoms with Crippen molar-refractivity contribution in [2.45, 2.75) is 71.1 Å². The molecule has 1 unspecified atom stereocenters. The van der Waals surface area contributed by atoms with Crippen LogP contribution in [0.2, 0.25) is 0 Å². The smallest absolute Gasteiger partial charge is 0.305 e. The Labute approximate surface area is 191 Å². The molecule has 0 radical (unpaired) electrons. The maximum absolute atomic E-state index is 13.6. The average Bonchev–Trinajstić information content (AvgIpc) is 3.19. The van der Waals surface area contributed by atoms with Gasteiger partial charge in [-0.2, -0.15) is 0 Å². The Bertz CT molecular complexity index is 832. The van der Waals surface area contributed by atoms with E-state index >= 15 is 0 Å². The van der Waals surface area contributed by atoms with Gasteiger partial charge in [0.2, 0.25) is 0 Å². The minimum Gasteiger partial charge on any atom is -0.463 e. The highest BCUT2D eigenvalue weighted by Crippen LogP contribution is 2.25. The van der Waals surface area contributed by atoms with E-state index in [1.54, 1.807) is 12.1 Å². The minimum absolute atomic E-state index is 0.0320. The number of carbonyl (C=O) groups excluding carboxylic acids is 1. The summed E-state index contributed by atoms with van der Waals surface area (Å²) in [5.41, 5.74) is 2.05. The van der Waals surface area contributed by atoms with E-state index in [0.29, 0.717) is 32.0 Å². The van der Waals surface area contributed by atoms with E-state index in [-0.39, 0.29) is 18.4 Å². The Balaban J connectivity index is 1.64. The van der Waals surface area contributed by atoms with Crippen molar-refractivity contribution in [1.82, 2.24) is 9.47 Å². The lowest BCUT2D eigenvalue weighted by molar-refractivity contribution is -0.147. The summed E-state index contributed by atoms with van der Waals surface area (Å²) in [6, 6.07) is 10.8. The summed E-state index contributed by atoms with van der Waals surface area (Å²) in [6.07, 6.45) is 8.72. The van der Waals surface area contributed by atoms with Gasteiger partial charge < -0.3 is 14.4 Å². The number of aliphatic hydroxyl groups is 1. The van der Waals surface area contributed by atoms with Crippen molar-refractivity contribution in [1.29, 1.82) is 0 Å². The lowest BCUT2D eigenvalue weighted by Gasteiger charge is -2.31. The van der Waals surface area contributed by atoms with Gasteiger partial charge in [0.25, 0.3) is 0 Å². The topological polar surface area (TPSA) is 54.7 Å². The number of esters is 1. The van der Waals surface area contributed by atoms with Crippen molar-refractivity contribution in [3.05, 3.63) is 59.7 Å². The molecule has 3 rings (SSSR count). The van der Waals surface area contributed by atoms with Crippen molar-refractivity contribution in [3.63, 3.8) is 0 Å². The van der Waals surface area contributed by atoms with E-state index in [2.05, 4.69) is 15.5 Å². The van der Waals surface area contributed by atoms with Crippen molar-refractivity contribution in [2.75, 3.05) is 19.7 Å². The molecule has 1 saturated carbocycles. The van der Waals surface area contributed by atoms with E-state index in [4.69, 9.17) is 4.74 Å². The molecule has 1 aromatic heterocycles. The number of ether oxygens (including phenoxy) is 1. The predicted molar refractivity (Wildman–Crippen MR) is 124 cm³/mol. The maximum Gasteiger partial charge on any atom is 0.305 e. The lowest BCUT2D eigenvalue weighted by atomic mass is 9.89. The fourth-order valence-electron chi connectivity index (χ4n) is 4.56.